The molecule has 0 fully saturated rings. The predicted octanol–water partition coefficient (Wildman–Crippen LogP) is 1.50. The van der Waals surface area contributed by atoms with Gasteiger partial charge in [-0.2, -0.15) is 0 Å². The lowest BCUT2D eigenvalue weighted by Crippen LogP contribution is -2.32. The largest absolute Gasteiger partial charge is 0.349 e. The van der Waals surface area contributed by atoms with Crippen molar-refractivity contribution in [2.75, 3.05) is 0 Å². The van der Waals surface area contributed by atoms with Gasteiger partial charge in [-0.25, -0.2) is 4.79 Å². The molecule has 6 nitrogen and oxygen atoms in total. The molecule has 1 heterocycles. The molecule has 1 aliphatic carbocycles. The second-order valence-electron chi connectivity index (χ2n) is 6.22. The molecule has 126 valence electrons. The summed E-state index contributed by atoms with van der Waals surface area (Å²) in [5.41, 5.74) is 2.50. The second-order valence-corrected chi connectivity index (χ2v) is 6.22. The Labute approximate surface area is 139 Å². The third-order valence-electron chi connectivity index (χ3n) is 4.56. The fraction of sp³-hybridized carbons (Fsp3) is 0.389. The van der Waals surface area contributed by atoms with E-state index in [1.807, 2.05) is 12.1 Å². The number of fused-ring (bicyclic) bond motifs is 1. The molecule has 0 saturated carbocycles. The van der Waals surface area contributed by atoms with E-state index in [-0.39, 0.29) is 18.4 Å². The lowest BCUT2D eigenvalue weighted by atomic mass is 9.87. The fourth-order valence-corrected chi connectivity index (χ4v) is 3.34. The van der Waals surface area contributed by atoms with Gasteiger partial charge >= 0.3 is 5.69 Å². The van der Waals surface area contributed by atoms with E-state index in [1.165, 1.54) is 11.1 Å². The van der Waals surface area contributed by atoms with Gasteiger partial charge in [0, 0.05) is 17.7 Å². The van der Waals surface area contributed by atoms with Crippen molar-refractivity contribution in [2.24, 2.45) is 0 Å². The molecule has 3 N–H and O–H groups in total. The van der Waals surface area contributed by atoms with Crippen molar-refractivity contribution in [3.05, 3.63) is 67.5 Å². The zero-order valence-electron chi connectivity index (χ0n) is 13.6. The number of carbonyl (C=O) groups excluding carboxylic acids is 1. The molecule has 0 unspecified atom stereocenters. The first-order valence-corrected chi connectivity index (χ1v) is 8.24. The lowest BCUT2D eigenvalue weighted by molar-refractivity contribution is -0.121. The van der Waals surface area contributed by atoms with Crippen LogP contribution < -0.4 is 16.6 Å². The van der Waals surface area contributed by atoms with Crippen molar-refractivity contribution < 1.29 is 4.79 Å². The Kier molecular flexibility index (Phi) is 4.64. The molecular formula is C18H21N3O3. The van der Waals surface area contributed by atoms with Crippen LogP contribution in [0.1, 0.15) is 47.7 Å². The van der Waals surface area contributed by atoms with Crippen molar-refractivity contribution in [1.29, 1.82) is 0 Å². The summed E-state index contributed by atoms with van der Waals surface area (Å²) in [6.45, 7) is 1.67. The van der Waals surface area contributed by atoms with Crippen LogP contribution in [0.3, 0.4) is 0 Å². The third kappa shape index (κ3) is 3.48. The molecule has 0 saturated heterocycles. The molecule has 1 amide bonds. The smallest absolute Gasteiger partial charge is 0.325 e. The van der Waals surface area contributed by atoms with Crippen molar-refractivity contribution in [2.45, 2.75) is 45.1 Å². The molecule has 2 aromatic rings. The van der Waals surface area contributed by atoms with Crippen LogP contribution in [-0.2, 0) is 17.6 Å². The molecule has 0 aliphatic heterocycles. The minimum Gasteiger partial charge on any atom is -0.349 e. The highest BCUT2D eigenvalue weighted by Gasteiger charge is 2.21. The van der Waals surface area contributed by atoms with Crippen LogP contribution in [0.25, 0.3) is 0 Å². The number of hydrogen-bond donors (Lipinski definition) is 3. The molecule has 1 aromatic heterocycles. The van der Waals surface area contributed by atoms with Gasteiger partial charge in [-0.3, -0.25) is 14.6 Å². The molecule has 6 heteroatoms. The van der Waals surface area contributed by atoms with Gasteiger partial charge in [-0.1, -0.05) is 24.3 Å². The summed E-state index contributed by atoms with van der Waals surface area (Å²) in [4.78, 5) is 40.1. The van der Waals surface area contributed by atoms with Crippen LogP contribution in [-0.4, -0.2) is 15.9 Å². The van der Waals surface area contributed by atoms with Crippen LogP contribution in [0, 0.1) is 6.92 Å². The molecular weight excluding hydrogens is 306 g/mol. The topological polar surface area (TPSA) is 94.8 Å². The van der Waals surface area contributed by atoms with E-state index >= 15 is 0 Å². The quantitative estimate of drug-likeness (QED) is 0.794. The minimum absolute atomic E-state index is 0.0393. The summed E-state index contributed by atoms with van der Waals surface area (Å²) in [6.07, 6.45) is 3.56. The van der Waals surface area contributed by atoms with Crippen LogP contribution in [0.4, 0.5) is 0 Å². The van der Waals surface area contributed by atoms with Gasteiger partial charge in [0.1, 0.15) is 0 Å². The zero-order valence-corrected chi connectivity index (χ0v) is 13.6. The monoisotopic (exact) mass is 327 g/mol. The van der Waals surface area contributed by atoms with Gasteiger partial charge < -0.3 is 10.3 Å². The number of nitrogens with one attached hydrogen (secondary N) is 3. The Morgan fingerprint density at radius 1 is 1.25 bits per heavy atom. The van der Waals surface area contributed by atoms with Gasteiger partial charge in [-0.05, 0) is 43.7 Å². The molecule has 24 heavy (non-hydrogen) atoms. The van der Waals surface area contributed by atoms with Crippen molar-refractivity contribution in [3.8, 4) is 0 Å². The predicted molar refractivity (Wildman–Crippen MR) is 91.0 cm³/mol. The van der Waals surface area contributed by atoms with E-state index in [1.54, 1.807) is 6.92 Å². The van der Waals surface area contributed by atoms with Crippen LogP contribution in [0.5, 0.6) is 0 Å². The maximum atomic E-state index is 12.3. The summed E-state index contributed by atoms with van der Waals surface area (Å²) in [5, 5.41) is 3.07. The lowest BCUT2D eigenvalue weighted by Gasteiger charge is -2.26. The van der Waals surface area contributed by atoms with E-state index in [0.29, 0.717) is 17.7 Å². The Morgan fingerprint density at radius 2 is 2.04 bits per heavy atom. The average Bonchev–Trinajstić information content (AvgIpc) is 2.54. The highest BCUT2D eigenvalue weighted by Crippen LogP contribution is 2.29. The number of aryl methyl sites for hydroxylation is 2. The van der Waals surface area contributed by atoms with E-state index < -0.39 is 11.2 Å². The summed E-state index contributed by atoms with van der Waals surface area (Å²) in [6, 6.07) is 8.23. The maximum absolute atomic E-state index is 12.3. The fourth-order valence-electron chi connectivity index (χ4n) is 3.34. The first-order chi connectivity index (χ1) is 11.5. The Balaban J connectivity index is 1.65. The van der Waals surface area contributed by atoms with Crippen molar-refractivity contribution in [1.82, 2.24) is 15.3 Å². The number of rotatable bonds is 4. The summed E-state index contributed by atoms with van der Waals surface area (Å²) < 4.78 is 0. The van der Waals surface area contributed by atoms with Gasteiger partial charge in [-0.15, -0.1) is 0 Å². The molecule has 1 atom stereocenters. The number of benzene rings is 1. The van der Waals surface area contributed by atoms with E-state index in [0.717, 1.165) is 19.3 Å². The van der Waals surface area contributed by atoms with Crippen molar-refractivity contribution >= 4 is 5.91 Å². The van der Waals surface area contributed by atoms with E-state index in [4.69, 9.17) is 0 Å². The molecule has 0 spiro atoms. The van der Waals surface area contributed by atoms with Crippen molar-refractivity contribution in [3.63, 3.8) is 0 Å². The molecule has 1 aromatic carbocycles. The van der Waals surface area contributed by atoms with Gasteiger partial charge in [0.2, 0.25) is 5.91 Å². The summed E-state index contributed by atoms with van der Waals surface area (Å²) in [7, 11) is 0. The Bertz CT molecular complexity index is 866. The number of carbonyl (C=O) groups is 1. The highest BCUT2D eigenvalue weighted by atomic mass is 16.2. The third-order valence-corrected chi connectivity index (χ3v) is 4.56. The number of amides is 1. The van der Waals surface area contributed by atoms with Crippen LogP contribution >= 0.6 is 0 Å². The molecule has 0 radical (unpaired) electrons. The maximum Gasteiger partial charge on any atom is 0.325 e. The molecule has 1 aliphatic rings. The minimum atomic E-state index is -0.524. The number of hydrogen-bond acceptors (Lipinski definition) is 3. The van der Waals surface area contributed by atoms with E-state index in [2.05, 4.69) is 27.4 Å². The van der Waals surface area contributed by atoms with E-state index in [9.17, 15) is 14.4 Å². The number of H-pyrrole nitrogens is 2. The standard InChI is InChI=1S/C18H21N3O3/c1-11-13(17(23)21-18(24)19-11)9-10-16(22)20-15-8-4-6-12-5-2-3-7-14(12)15/h2-3,5,7,15H,4,6,8-10H2,1H3,(H,20,22)(H2,19,21,23,24)/t15-/m1/s1. The van der Waals surface area contributed by atoms with Gasteiger partial charge in [0.15, 0.2) is 0 Å². The number of aromatic nitrogens is 2. The normalized spacial score (nSPS) is 16.5. The van der Waals surface area contributed by atoms with Gasteiger partial charge in [0.25, 0.3) is 5.56 Å². The second kappa shape index (κ2) is 6.86. The zero-order chi connectivity index (χ0) is 17.1. The average molecular weight is 327 g/mol. The number of aromatic amines is 2. The highest BCUT2D eigenvalue weighted by molar-refractivity contribution is 5.76. The van der Waals surface area contributed by atoms with Crippen LogP contribution in [0.2, 0.25) is 0 Å². The van der Waals surface area contributed by atoms with Crippen LogP contribution in [0.15, 0.2) is 33.9 Å². The first kappa shape index (κ1) is 16.2. The molecule has 0 bridgehead atoms. The summed E-state index contributed by atoms with van der Waals surface area (Å²) in [5.74, 6) is -0.0818. The summed E-state index contributed by atoms with van der Waals surface area (Å²) >= 11 is 0. The SMILES string of the molecule is Cc1[nH]c(=O)[nH]c(=O)c1CCC(=O)N[C@@H]1CCCc2ccccc21. The Morgan fingerprint density at radius 3 is 2.83 bits per heavy atom. The first-order valence-electron chi connectivity index (χ1n) is 8.24. The Hall–Kier alpha value is -2.63. The molecule has 3 rings (SSSR count). The van der Waals surface area contributed by atoms with Gasteiger partial charge in [0.05, 0.1) is 6.04 Å².